The summed E-state index contributed by atoms with van der Waals surface area (Å²) in [5.74, 6) is 0.316. The van der Waals surface area contributed by atoms with Crippen molar-refractivity contribution in [2.45, 2.75) is 50.8 Å². The first-order valence-electron chi connectivity index (χ1n) is 9.42. The Bertz CT molecular complexity index is 919. The van der Waals surface area contributed by atoms with Crippen LogP contribution in [0.15, 0.2) is 53.1 Å². The third-order valence-corrected chi connectivity index (χ3v) is 6.29. The molecule has 0 bridgehead atoms. The summed E-state index contributed by atoms with van der Waals surface area (Å²) in [7, 11) is -3.65. The Morgan fingerprint density at radius 1 is 1.11 bits per heavy atom. The van der Waals surface area contributed by atoms with Gasteiger partial charge in [-0.25, -0.2) is 13.4 Å². The van der Waals surface area contributed by atoms with Gasteiger partial charge in [0.1, 0.15) is 5.82 Å². The van der Waals surface area contributed by atoms with Crippen LogP contribution in [0, 0.1) is 13.8 Å². The minimum absolute atomic E-state index is 0.284. The monoisotopic (exact) mass is 385 g/mol. The summed E-state index contributed by atoms with van der Waals surface area (Å²) in [6.07, 6.45) is 10.1. The average Bonchev–Trinajstić information content (AvgIpc) is 2.66. The minimum atomic E-state index is -3.65. The highest BCUT2D eigenvalue weighted by atomic mass is 32.2. The quantitative estimate of drug-likeness (QED) is 0.672. The molecule has 1 heterocycles. The minimum Gasteiger partial charge on any atom is -0.383 e. The van der Waals surface area contributed by atoms with Crippen LogP contribution in [0.5, 0.6) is 0 Å². The number of allylic oxidation sites excluding steroid dienone is 1. The molecule has 1 aliphatic carbocycles. The lowest BCUT2D eigenvalue weighted by Gasteiger charge is -2.14. The highest BCUT2D eigenvalue weighted by Crippen LogP contribution is 2.22. The van der Waals surface area contributed by atoms with Gasteiger partial charge in [0, 0.05) is 6.54 Å². The van der Waals surface area contributed by atoms with E-state index in [1.54, 1.807) is 25.3 Å². The van der Waals surface area contributed by atoms with Crippen LogP contribution in [0.1, 0.15) is 43.2 Å². The maximum Gasteiger partial charge on any atom is 0.263 e. The number of aryl methyl sites for hydroxylation is 2. The predicted molar refractivity (Wildman–Crippen MR) is 111 cm³/mol. The molecule has 2 N–H and O–H groups in total. The van der Waals surface area contributed by atoms with Gasteiger partial charge in [-0.15, -0.1) is 0 Å². The number of nitrogens with zero attached hydrogens (tertiary/aromatic N) is 1. The van der Waals surface area contributed by atoms with E-state index < -0.39 is 10.0 Å². The number of rotatable bonds is 7. The van der Waals surface area contributed by atoms with E-state index in [0.29, 0.717) is 11.4 Å². The Morgan fingerprint density at radius 2 is 1.96 bits per heavy atom. The lowest BCUT2D eigenvalue weighted by Crippen LogP contribution is -2.15. The highest BCUT2D eigenvalue weighted by molar-refractivity contribution is 7.92. The van der Waals surface area contributed by atoms with Gasteiger partial charge in [0.2, 0.25) is 0 Å². The van der Waals surface area contributed by atoms with E-state index in [1.165, 1.54) is 31.3 Å². The molecule has 1 aromatic carbocycles. The van der Waals surface area contributed by atoms with Crippen LogP contribution < -0.4 is 10.0 Å². The number of benzene rings is 1. The Hall–Kier alpha value is -2.34. The van der Waals surface area contributed by atoms with Gasteiger partial charge >= 0.3 is 0 Å². The first kappa shape index (κ1) is 19.4. The molecule has 0 fully saturated rings. The smallest absolute Gasteiger partial charge is 0.263 e. The van der Waals surface area contributed by atoms with Gasteiger partial charge in [-0.05, 0) is 75.3 Å². The fraction of sp³-hybridized carbons (Fsp3) is 0.381. The van der Waals surface area contributed by atoms with Gasteiger partial charge in [0.05, 0.1) is 16.8 Å². The summed E-state index contributed by atoms with van der Waals surface area (Å²) in [5, 5.41) is 3.35. The van der Waals surface area contributed by atoms with Crippen molar-refractivity contribution in [1.82, 2.24) is 4.98 Å². The number of pyridine rings is 1. The van der Waals surface area contributed by atoms with Gasteiger partial charge in [0.25, 0.3) is 10.0 Å². The predicted octanol–water partition coefficient (Wildman–Crippen LogP) is 4.80. The Morgan fingerprint density at radius 3 is 2.67 bits per heavy atom. The van der Waals surface area contributed by atoms with Crippen molar-refractivity contribution in [3.63, 3.8) is 0 Å². The Kier molecular flexibility index (Phi) is 6.16. The van der Waals surface area contributed by atoms with Gasteiger partial charge in [-0.1, -0.05) is 23.8 Å². The van der Waals surface area contributed by atoms with Crippen LogP contribution >= 0.6 is 0 Å². The summed E-state index contributed by atoms with van der Waals surface area (Å²) in [6, 6.07) is 8.92. The fourth-order valence-electron chi connectivity index (χ4n) is 3.25. The molecule has 0 radical (unpaired) electrons. The second-order valence-electron chi connectivity index (χ2n) is 7.09. The molecule has 3 rings (SSSR count). The number of hydrogen-bond acceptors (Lipinski definition) is 4. The van der Waals surface area contributed by atoms with E-state index in [0.717, 1.165) is 24.2 Å². The van der Waals surface area contributed by atoms with Crippen LogP contribution in [0.4, 0.5) is 11.5 Å². The molecular weight excluding hydrogens is 358 g/mol. The molecule has 0 aliphatic heterocycles. The molecule has 0 unspecified atom stereocenters. The van der Waals surface area contributed by atoms with Crippen molar-refractivity contribution in [3.8, 4) is 0 Å². The number of nitrogens with one attached hydrogen (secondary N) is 2. The molecule has 0 saturated heterocycles. The Labute approximate surface area is 162 Å². The zero-order chi connectivity index (χ0) is 19.3. The van der Waals surface area contributed by atoms with Crippen molar-refractivity contribution in [1.29, 1.82) is 0 Å². The average molecular weight is 386 g/mol. The molecule has 1 aromatic heterocycles. The van der Waals surface area contributed by atoms with Crippen molar-refractivity contribution < 1.29 is 8.42 Å². The third kappa shape index (κ3) is 5.32. The van der Waals surface area contributed by atoms with E-state index >= 15 is 0 Å². The summed E-state index contributed by atoms with van der Waals surface area (Å²) in [5.41, 5.74) is 4.03. The van der Waals surface area contributed by atoms with Crippen LogP contribution in [-0.2, 0) is 10.0 Å². The van der Waals surface area contributed by atoms with E-state index in [4.69, 9.17) is 0 Å². The largest absolute Gasteiger partial charge is 0.383 e. The normalized spacial score (nSPS) is 14.5. The third-order valence-electron chi connectivity index (χ3n) is 4.80. The molecule has 0 amide bonds. The van der Waals surface area contributed by atoms with Crippen molar-refractivity contribution >= 4 is 21.5 Å². The number of sulfonamides is 1. The van der Waals surface area contributed by atoms with E-state index in [2.05, 4.69) is 21.1 Å². The molecule has 27 heavy (non-hydrogen) atoms. The van der Waals surface area contributed by atoms with Crippen LogP contribution in [0.25, 0.3) is 0 Å². The summed E-state index contributed by atoms with van der Waals surface area (Å²) >= 11 is 0. The number of anilines is 2. The molecule has 6 heteroatoms. The van der Waals surface area contributed by atoms with Crippen molar-refractivity contribution in [2.75, 3.05) is 16.6 Å². The summed E-state index contributed by atoms with van der Waals surface area (Å²) in [4.78, 5) is 4.52. The van der Waals surface area contributed by atoms with Crippen molar-refractivity contribution in [3.05, 3.63) is 59.3 Å². The molecule has 144 valence electrons. The van der Waals surface area contributed by atoms with E-state index in [9.17, 15) is 8.42 Å². The van der Waals surface area contributed by atoms with E-state index in [-0.39, 0.29) is 4.90 Å². The number of hydrogen-bond donors (Lipinski definition) is 2. The summed E-state index contributed by atoms with van der Waals surface area (Å²) < 4.78 is 27.8. The molecule has 0 spiro atoms. The molecule has 5 nitrogen and oxygen atoms in total. The van der Waals surface area contributed by atoms with Crippen LogP contribution in [-0.4, -0.2) is 19.9 Å². The SMILES string of the molecule is Cc1ccc(C)c(S(=O)(=O)Nc2ccc(NCCC3=CCCCC3)cn2)c1. The second kappa shape index (κ2) is 8.57. The molecule has 2 aromatic rings. The van der Waals surface area contributed by atoms with Crippen LogP contribution in [0.2, 0.25) is 0 Å². The first-order valence-corrected chi connectivity index (χ1v) is 10.9. The summed E-state index contributed by atoms with van der Waals surface area (Å²) in [6.45, 7) is 4.53. The Balaban J connectivity index is 1.60. The standard InChI is InChI=1S/C21H27N3O2S/c1-16-8-9-17(2)20(14-16)27(25,26)24-21-11-10-19(15-23-21)22-13-12-18-6-4-3-5-7-18/h6,8-11,14-15,22H,3-5,7,12-13H2,1-2H3,(H,23,24). The topological polar surface area (TPSA) is 71.1 Å². The second-order valence-corrected chi connectivity index (χ2v) is 8.74. The van der Waals surface area contributed by atoms with Gasteiger partial charge in [-0.3, -0.25) is 4.72 Å². The zero-order valence-electron chi connectivity index (χ0n) is 16.0. The molecule has 0 atom stereocenters. The molecule has 0 saturated carbocycles. The van der Waals surface area contributed by atoms with Gasteiger partial charge in [0.15, 0.2) is 0 Å². The lowest BCUT2D eigenvalue weighted by atomic mass is 9.97. The molecule has 1 aliphatic rings. The fourth-order valence-corrected chi connectivity index (χ4v) is 4.59. The van der Waals surface area contributed by atoms with Gasteiger partial charge in [-0.2, -0.15) is 0 Å². The maximum atomic E-state index is 12.6. The maximum absolute atomic E-state index is 12.6. The zero-order valence-corrected chi connectivity index (χ0v) is 16.8. The van der Waals surface area contributed by atoms with E-state index in [1.807, 2.05) is 25.1 Å². The van der Waals surface area contributed by atoms with Crippen LogP contribution in [0.3, 0.4) is 0 Å². The van der Waals surface area contributed by atoms with Gasteiger partial charge < -0.3 is 5.32 Å². The van der Waals surface area contributed by atoms with Crippen molar-refractivity contribution in [2.24, 2.45) is 0 Å². The number of aromatic nitrogens is 1. The highest BCUT2D eigenvalue weighted by Gasteiger charge is 2.17. The lowest BCUT2D eigenvalue weighted by molar-refractivity contribution is 0.600. The first-order chi connectivity index (χ1) is 12.9. The molecular formula is C21H27N3O2S.